The number of carbonyl (C=O) groups is 1. The van der Waals surface area contributed by atoms with Crippen molar-refractivity contribution in [1.82, 2.24) is 20.1 Å². The SMILES string of the molecule is Cc1occc1-c1nnc(SCC(=O)NC(C2CC2)C2CC2)n1-c1ccccc1. The highest BCUT2D eigenvalue weighted by Crippen LogP contribution is 2.44. The topological polar surface area (TPSA) is 72.9 Å². The molecule has 1 amide bonds. The summed E-state index contributed by atoms with van der Waals surface area (Å²) in [7, 11) is 0. The molecule has 0 bridgehead atoms. The second-order valence-corrected chi connectivity index (χ2v) is 8.87. The van der Waals surface area contributed by atoms with Gasteiger partial charge in [-0.1, -0.05) is 30.0 Å². The van der Waals surface area contributed by atoms with E-state index < -0.39 is 0 Å². The van der Waals surface area contributed by atoms with Gasteiger partial charge in [-0.15, -0.1) is 10.2 Å². The van der Waals surface area contributed by atoms with Crippen LogP contribution in [0.3, 0.4) is 0 Å². The van der Waals surface area contributed by atoms with E-state index in [1.807, 2.05) is 47.9 Å². The van der Waals surface area contributed by atoms with Gasteiger partial charge in [0.2, 0.25) is 5.91 Å². The molecule has 0 atom stereocenters. The first-order chi connectivity index (χ1) is 14.2. The van der Waals surface area contributed by atoms with E-state index in [1.165, 1.54) is 37.4 Å². The quantitative estimate of drug-likeness (QED) is 0.565. The molecule has 7 heteroatoms. The Kier molecular flexibility index (Phi) is 4.91. The maximum Gasteiger partial charge on any atom is 0.230 e. The minimum absolute atomic E-state index is 0.0856. The molecule has 29 heavy (non-hydrogen) atoms. The fourth-order valence-electron chi connectivity index (χ4n) is 3.85. The predicted octanol–water partition coefficient (Wildman–Crippen LogP) is 4.23. The smallest absolute Gasteiger partial charge is 0.230 e. The third-order valence-corrected chi connectivity index (χ3v) is 6.60. The molecule has 0 spiro atoms. The van der Waals surface area contributed by atoms with Crippen molar-refractivity contribution in [2.24, 2.45) is 11.8 Å². The predicted molar refractivity (Wildman–Crippen MR) is 112 cm³/mol. The molecule has 2 aliphatic carbocycles. The highest BCUT2D eigenvalue weighted by atomic mass is 32.2. The van der Waals surface area contributed by atoms with E-state index in [4.69, 9.17) is 4.42 Å². The zero-order valence-corrected chi connectivity index (χ0v) is 17.2. The van der Waals surface area contributed by atoms with Gasteiger partial charge in [-0.05, 0) is 62.6 Å². The third-order valence-electron chi connectivity index (χ3n) is 5.67. The first-order valence-corrected chi connectivity index (χ1v) is 11.2. The van der Waals surface area contributed by atoms with E-state index in [1.54, 1.807) is 6.26 Å². The number of hydrogen-bond donors (Lipinski definition) is 1. The molecule has 6 nitrogen and oxygen atoms in total. The van der Waals surface area contributed by atoms with Gasteiger partial charge in [0.25, 0.3) is 0 Å². The number of rotatable bonds is 8. The Hall–Kier alpha value is -2.54. The minimum atomic E-state index is 0.0856. The molecule has 3 aromatic rings. The fourth-order valence-corrected chi connectivity index (χ4v) is 4.62. The van der Waals surface area contributed by atoms with Gasteiger partial charge in [-0.2, -0.15) is 0 Å². The van der Waals surface area contributed by atoms with Crippen LogP contribution < -0.4 is 5.32 Å². The van der Waals surface area contributed by atoms with Crippen molar-refractivity contribution >= 4 is 17.7 Å². The van der Waals surface area contributed by atoms with Crippen LogP contribution in [-0.2, 0) is 4.79 Å². The lowest BCUT2D eigenvalue weighted by Crippen LogP contribution is -2.39. The van der Waals surface area contributed by atoms with Gasteiger partial charge in [0.15, 0.2) is 11.0 Å². The highest BCUT2D eigenvalue weighted by molar-refractivity contribution is 7.99. The number of nitrogens with one attached hydrogen (secondary N) is 1. The number of furan rings is 1. The molecule has 1 N–H and O–H groups in total. The summed E-state index contributed by atoms with van der Waals surface area (Å²) in [5.41, 5.74) is 1.87. The first kappa shape index (κ1) is 18.5. The molecule has 2 fully saturated rings. The van der Waals surface area contributed by atoms with Crippen LogP contribution >= 0.6 is 11.8 Å². The zero-order chi connectivity index (χ0) is 19.8. The second-order valence-electron chi connectivity index (χ2n) is 7.92. The van der Waals surface area contributed by atoms with Crippen LogP contribution in [0.2, 0.25) is 0 Å². The van der Waals surface area contributed by atoms with E-state index in [9.17, 15) is 4.79 Å². The van der Waals surface area contributed by atoms with Gasteiger partial charge in [-0.25, -0.2) is 0 Å². The van der Waals surface area contributed by atoms with Gasteiger partial charge in [0.05, 0.1) is 17.6 Å². The lowest BCUT2D eigenvalue weighted by Gasteiger charge is -2.17. The van der Waals surface area contributed by atoms with Crippen LogP contribution in [0, 0.1) is 18.8 Å². The lowest BCUT2D eigenvalue weighted by molar-refractivity contribution is -0.119. The summed E-state index contributed by atoms with van der Waals surface area (Å²) < 4.78 is 7.46. The number of aromatic nitrogens is 3. The second kappa shape index (κ2) is 7.71. The van der Waals surface area contributed by atoms with Crippen molar-refractivity contribution in [2.75, 3.05) is 5.75 Å². The van der Waals surface area contributed by atoms with Gasteiger partial charge in [-0.3, -0.25) is 9.36 Å². The molecule has 150 valence electrons. The fraction of sp³-hybridized carbons (Fsp3) is 0.409. The molecule has 2 saturated carbocycles. The first-order valence-electron chi connectivity index (χ1n) is 10.2. The van der Waals surface area contributed by atoms with Crippen LogP contribution in [0.5, 0.6) is 0 Å². The number of nitrogens with zero attached hydrogens (tertiary/aromatic N) is 3. The summed E-state index contributed by atoms with van der Waals surface area (Å²) in [6.45, 7) is 1.91. The molecular weight excluding hydrogens is 384 g/mol. The molecule has 2 heterocycles. The molecule has 1 aromatic carbocycles. The molecule has 0 aliphatic heterocycles. The molecule has 5 rings (SSSR count). The van der Waals surface area contributed by atoms with Crippen molar-refractivity contribution in [3.8, 4) is 17.1 Å². The van der Waals surface area contributed by atoms with Gasteiger partial charge in [0.1, 0.15) is 5.76 Å². The summed E-state index contributed by atoms with van der Waals surface area (Å²) >= 11 is 1.43. The van der Waals surface area contributed by atoms with Crippen LogP contribution in [0.1, 0.15) is 31.4 Å². The Morgan fingerprint density at radius 2 is 1.90 bits per heavy atom. The number of carbonyl (C=O) groups excluding carboxylic acids is 1. The Balaban J connectivity index is 1.36. The normalized spacial score (nSPS) is 16.3. The van der Waals surface area contributed by atoms with Gasteiger partial charge >= 0.3 is 0 Å². The van der Waals surface area contributed by atoms with Crippen molar-refractivity contribution in [1.29, 1.82) is 0 Å². The lowest BCUT2D eigenvalue weighted by atomic mass is 10.1. The van der Waals surface area contributed by atoms with Crippen LogP contribution in [0.4, 0.5) is 0 Å². The number of amides is 1. The van der Waals surface area contributed by atoms with E-state index in [0.717, 1.165) is 22.8 Å². The van der Waals surface area contributed by atoms with E-state index in [0.29, 0.717) is 28.8 Å². The zero-order valence-electron chi connectivity index (χ0n) is 16.4. The van der Waals surface area contributed by atoms with E-state index in [-0.39, 0.29) is 5.91 Å². The average Bonchev–Trinajstić information content (AvgIpc) is 3.66. The van der Waals surface area contributed by atoms with Crippen LogP contribution in [0.25, 0.3) is 17.1 Å². The molecular formula is C22H24N4O2S. The number of benzene rings is 1. The van der Waals surface area contributed by atoms with E-state index >= 15 is 0 Å². The summed E-state index contributed by atoms with van der Waals surface area (Å²) in [4.78, 5) is 12.6. The monoisotopic (exact) mass is 408 g/mol. The molecule has 0 unspecified atom stereocenters. The maximum atomic E-state index is 12.6. The van der Waals surface area contributed by atoms with Crippen molar-refractivity contribution in [3.63, 3.8) is 0 Å². The molecule has 2 aliphatic rings. The number of hydrogen-bond acceptors (Lipinski definition) is 5. The van der Waals surface area contributed by atoms with Crippen molar-refractivity contribution in [3.05, 3.63) is 48.4 Å². The molecule has 0 saturated heterocycles. The maximum absolute atomic E-state index is 12.6. The summed E-state index contributed by atoms with van der Waals surface area (Å²) in [6.07, 6.45) is 6.67. The summed E-state index contributed by atoms with van der Waals surface area (Å²) in [5, 5.41) is 12.8. The van der Waals surface area contributed by atoms with E-state index in [2.05, 4.69) is 15.5 Å². The number of para-hydroxylation sites is 1. The Labute approximate surface area is 174 Å². The van der Waals surface area contributed by atoms with Crippen LogP contribution in [-0.4, -0.2) is 32.5 Å². The van der Waals surface area contributed by atoms with Crippen LogP contribution in [0.15, 0.2) is 52.2 Å². The Morgan fingerprint density at radius 1 is 1.17 bits per heavy atom. The largest absolute Gasteiger partial charge is 0.469 e. The number of aryl methyl sites for hydroxylation is 1. The molecule has 2 aromatic heterocycles. The van der Waals surface area contributed by atoms with Gasteiger partial charge < -0.3 is 9.73 Å². The minimum Gasteiger partial charge on any atom is -0.469 e. The summed E-state index contributed by atoms with van der Waals surface area (Å²) in [5.74, 6) is 3.33. The summed E-state index contributed by atoms with van der Waals surface area (Å²) in [6, 6.07) is 12.3. The average molecular weight is 409 g/mol. The van der Waals surface area contributed by atoms with Crippen molar-refractivity contribution < 1.29 is 9.21 Å². The third kappa shape index (κ3) is 3.96. The molecule has 0 radical (unpaired) electrons. The Morgan fingerprint density at radius 3 is 2.52 bits per heavy atom. The standard InChI is InChI=1S/C22H24N4O2S/c1-14-18(11-12-28-14)21-24-25-22(26(21)17-5-3-2-4-6-17)29-13-19(27)23-20(15-7-8-15)16-9-10-16/h2-6,11-12,15-16,20H,7-10,13H2,1H3,(H,23,27). The highest BCUT2D eigenvalue weighted by Gasteiger charge is 2.42. The Bertz CT molecular complexity index is 993. The van der Waals surface area contributed by atoms with Crippen molar-refractivity contribution in [2.45, 2.75) is 43.8 Å². The van der Waals surface area contributed by atoms with Gasteiger partial charge in [0, 0.05) is 11.7 Å². The number of thioether (sulfide) groups is 1.